The number of hydrogen-bond acceptors (Lipinski definition) is 5. The number of nitrogens with zero attached hydrogens (tertiary/aromatic N) is 3. The number of aromatic nitrogens is 2. The second-order valence-electron chi connectivity index (χ2n) is 6.18. The summed E-state index contributed by atoms with van der Waals surface area (Å²) in [6.45, 7) is 5.45. The number of halogens is 1. The van der Waals surface area contributed by atoms with Gasteiger partial charge in [-0.1, -0.05) is 17.7 Å². The van der Waals surface area contributed by atoms with Gasteiger partial charge in [-0.2, -0.15) is 0 Å². The zero-order valence-corrected chi connectivity index (χ0v) is 15.8. The van der Waals surface area contributed by atoms with Crippen LogP contribution in [0, 0.1) is 13.8 Å². The molecule has 0 atom stereocenters. The van der Waals surface area contributed by atoms with Crippen LogP contribution in [0.5, 0.6) is 0 Å². The summed E-state index contributed by atoms with van der Waals surface area (Å²) in [6, 6.07) is 7.04. The molecule has 0 bridgehead atoms. The first kappa shape index (κ1) is 19.1. The lowest BCUT2D eigenvalue weighted by Crippen LogP contribution is -2.18. The minimum absolute atomic E-state index is 0.285. The zero-order chi connectivity index (χ0) is 18.4. The molecule has 7 heteroatoms. The Labute approximate surface area is 153 Å². The van der Waals surface area contributed by atoms with E-state index >= 15 is 0 Å². The van der Waals surface area contributed by atoms with Gasteiger partial charge in [0.05, 0.1) is 0 Å². The summed E-state index contributed by atoms with van der Waals surface area (Å²) in [7, 11) is 4.07. The van der Waals surface area contributed by atoms with Crippen LogP contribution in [0.3, 0.4) is 0 Å². The van der Waals surface area contributed by atoms with Crippen molar-refractivity contribution < 1.29 is 4.79 Å². The molecule has 25 heavy (non-hydrogen) atoms. The van der Waals surface area contributed by atoms with Crippen molar-refractivity contribution in [2.75, 3.05) is 37.8 Å². The average molecular weight is 362 g/mol. The number of aryl methyl sites for hydroxylation is 2. The van der Waals surface area contributed by atoms with Gasteiger partial charge in [-0.25, -0.2) is 9.97 Å². The number of hydrogen-bond donors (Lipinski definition) is 2. The molecule has 1 heterocycles. The minimum atomic E-state index is -0.285. The van der Waals surface area contributed by atoms with Gasteiger partial charge in [-0.05, 0) is 58.6 Å². The number of carbonyl (C=O) groups is 1. The molecule has 2 N–H and O–H groups in total. The second-order valence-corrected chi connectivity index (χ2v) is 6.62. The number of amides is 1. The van der Waals surface area contributed by atoms with E-state index in [1.54, 1.807) is 25.1 Å². The number of benzene rings is 1. The summed E-state index contributed by atoms with van der Waals surface area (Å²) in [5, 5.41) is 6.67. The molecule has 0 spiro atoms. The Bertz CT molecular complexity index is 748. The Hall–Kier alpha value is -2.18. The fourth-order valence-electron chi connectivity index (χ4n) is 2.30. The lowest BCUT2D eigenvalue weighted by Gasteiger charge is -2.12. The largest absolute Gasteiger partial charge is 0.370 e. The standard InChI is InChI=1S/C18H24ClN5O/c1-12-6-7-14(19)10-15(12)23-18(25)16-11-17(22-13(2)21-16)20-8-5-9-24(3)4/h6-7,10-11H,5,8-9H2,1-4H3,(H,23,25)(H,20,21,22). The van der Waals surface area contributed by atoms with Crippen LogP contribution in [0.4, 0.5) is 11.5 Å². The van der Waals surface area contributed by atoms with Gasteiger partial charge in [-0.15, -0.1) is 0 Å². The van der Waals surface area contributed by atoms with E-state index in [1.165, 1.54) is 0 Å². The highest BCUT2D eigenvalue weighted by Crippen LogP contribution is 2.21. The lowest BCUT2D eigenvalue weighted by atomic mass is 10.2. The van der Waals surface area contributed by atoms with Crippen molar-refractivity contribution in [3.8, 4) is 0 Å². The molecule has 2 rings (SSSR count). The fourth-order valence-corrected chi connectivity index (χ4v) is 2.47. The molecule has 0 saturated carbocycles. The first-order valence-electron chi connectivity index (χ1n) is 8.17. The van der Waals surface area contributed by atoms with E-state index in [-0.39, 0.29) is 5.91 Å². The molecule has 1 aromatic heterocycles. The molecule has 134 valence electrons. The molecule has 6 nitrogen and oxygen atoms in total. The van der Waals surface area contributed by atoms with Crippen LogP contribution < -0.4 is 10.6 Å². The summed E-state index contributed by atoms with van der Waals surface area (Å²) < 4.78 is 0. The fraction of sp³-hybridized carbons (Fsp3) is 0.389. The zero-order valence-electron chi connectivity index (χ0n) is 15.1. The number of nitrogens with one attached hydrogen (secondary N) is 2. The van der Waals surface area contributed by atoms with Crippen LogP contribution >= 0.6 is 11.6 Å². The van der Waals surface area contributed by atoms with E-state index in [4.69, 9.17) is 11.6 Å². The van der Waals surface area contributed by atoms with Gasteiger partial charge in [0.25, 0.3) is 5.91 Å². The summed E-state index contributed by atoms with van der Waals surface area (Å²) in [6.07, 6.45) is 0.985. The second kappa shape index (κ2) is 8.78. The van der Waals surface area contributed by atoms with Gasteiger partial charge >= 0.3 is 0 Å². The predicted molar refractivity (Wildman–Crippen MR) is 103 cm³/mol. The lowest BCUT2D eigenvalue weighted by molar-refractivity contribution is 0.102. The summed E-state index contributed by atoms with van der Waals surface area (Å²) >= 11 is 6.00. The molecule has 0 fully saturated rings. The van der Waals surface area contributed by atoms with Crippen LogP contribution in [-0.2, 0) is 0 Å². The first-order valence-corrected chi connectivity index (χ1v) is 8.55. The van der Waals surface area contributed by atoms with E-state index in [1.807, 2.05) is 27.1 Å². The highest BCUT2D eigenvalue weighted by Gasteiger charge is 2.12. The highest BCUT2D eigenvalue weighted by atomic mass is 35.5. The third kappa shape index (κ3) is 5.99. The van der Waals surface area contributed by atoms with Crippen LogP contribution in [0.15, 0.2) is 24.3 Å². The molecular weight excluding hydrogens is 338 g/mol. The van der Waals surface area contributed by atoms with Crippen LogP contribution in [-0.4, -0.2) is 48.0 Å². The summed E-state index contributed by atoms with van der Waals surface area (Å²) in [5.41, 5.74) is 1.93. The van der Waals surface area contributed by atoms with Crippen LogP contribution in [0.2, 0.25) is 5.02 Å². The van der Waals surface area contributed by atoms with E-state index in [0.29, 0.717) is 28.0 Å². The maximum absolute atomic E-state index is 12.5. The van der Waals surface area contributed by atoms with Crippen molar-refractivity contribution in [1.29, 1.82) is 0 Å². The summed E-state index contributed by atoms with van der Waals surface area (Å²) in [4.78, 5) is 23.2. The van der Waals surface area contributed by atoms with Crippen molar-refractivity contribution in [3.63, 3.8) is 0 Å². The molecule has 0 radical (unpaired) electrons. The molecule has 0 aliphatic carbocycles. The Balaban J connectivity index is 2.07. The molecule has 0 saturated heterocycles. The SMILES string of the molecule is Cc1nc(NCCCN(C)C)cc(C(=O)Nc2cc(Cl)ccc2C)n1. The van der Waals surface area contributed by atoms with Gasteiger partial charge in [0.15, 0.2) is 0 Å². The maximum atomic E-state index is 12.5. The van der Waals surface area contributed by atoms with Gasteiger partial charge < -0.3 is 15.5 Å². The Morgan fingerprint density at radius 1 is 1.20 bits per heavy atom. The molecule has 0 aliphatic heterocycles. The minimum Gasteiger partial charge on any atom is -0.370 e. The third-order valence-corrected chi connectivity index (χ3v) is 3.84. The molecule has 1 aromatic carbocycles. The van der Waals surface area contributed by atoms with Gasteiger partial charge in [0.1, 0.15) is 17.3 Å². The van der Waals surface area contributed by atoms with E-state index in [9.17, 15) is 4.79 Å². The Morgan fingerprint density at radius 2 is 1.96 bits per heavy atom. The van der Waals surface area contributed by atoms with Gasteiger partial charge in [-0.3, -0.25) is 4.79 Å². The monoisotopic (exact) mass is 361 g/mol. The van der Waals surface area contributed by atoms with Gasteiger partial charge in [0.2, 0.25) is 0 Å². The van der Waals surface area contributed by atoms with Crippen molar-refractivity contribution in [2.45, 2.75) is 20.3 Å². The van der Waals surface area contributed by atoms with Crippen LogP contribution in [0.1, 0.15) is 28.3 Å². The van der Waals surface area contributed by atoms with Crippen molar-refractivity contribution in [2.24, 2.45) is 0 Å². The average Bonchev–Trinajstić information content (AvgIpc) is 2.54. The maximum Gasteiger partial charge on any atom is 0.274 e. The topological polar surface area (TPSA) is 70.2 Å². The van der Waals surface area contributed by atoms with E-state index in [0.717, 1.165) is 25.1 Å². The Kier molecular flexibility index (Phi) is 6.73. The normalized spacial score (nSPS) is 10.8. The first-order chi connectivity index (χ1) is 11.8. The highest BCUT2D eigenvalue weighted by molar-refractivity contribution is 6.31. The number of rotatable bonds is 7. The quantitative estimate of drug-likeness (QED) is 0.740. The van der Waals surface area contributed by atoms with Crippen molar-refractivity contribution in [1.82, 2.24) is 14.9 Å². The van der Waals surface area contributed by atoms with E-state index in [2.05, 4.69) is 25.5 Å². The molecule has 0 unspecified atom stereocenters. The van der Waals surface area contributed by atoms with Crippen molar-refractivity contribution >= 4 is 29.0 Å². The van der Waals surface area contributed by atoms with Gasteiger partial charge in [0, 0.05) is 23.3 Å². The van der Waals surface area contributed by atoms with Crippen LogP contribution in [0.25, 0.3) is 0 Å². The molecule has 0 aliphatic rings. The molecule has 2 aromatic rings. The smallest absolute Gasteiger partial charge is 0.274 e. The van der Waals surface area contributed by atoms with Crippen molar-refractivity contribution in [3.05, 3.63) is 46.4 Å². The predicted octanol–water partition coefficient (Wildman–Crippen LogP) is 3.36. The van der Waals surface area contributed by atoms with E-state index < -0.39 is 0 Å². The molecule has 1 amide bonds. The third-order valence-electron chi connectivity index (χ3n) is 3.61. The number of carbonyl (C=O) groups excluding carboxylic acids is 1. The Morgan fingerprint density at radius 3 is 2.68 bits per heavy atom. The summed E-state index contributed by atoms with van der Waals surface area (Å²) in [5.74, 6) is 0.914. The molecular formula is C18H24ClN5O. The number of anilines is 2.